The van der Waals surface area contributed by atoms with Crippen LogP contribution in [0.25, 0.3) is 5.69 Å². The van der Waals surface area contributed by atoms with Gasteiger partial charge < -0.3 is 15.2 Å². The van der Waals surface area contributed by atoms with Crippen molar-refractivity contribution in [2.24, 2.45) is 0 Å². The number of aromatic nitrogens is 4. The first kappa shape index (κ1) is 17.7. The number of aromatic hydroxyl groups is 1. The highest BCUT2D eigenvalue weighted by Gasteiger charge is 2.12. The summed E-state index contributed by atoms with van der Waals surface area (Å²) < 4.78 is 6.78. The maximum Gasteiger partial charge on any atom is 0.230 e. The number of hydrogen-bond acceptors (Lipinski definition) is 7. The van der Waals surface area contributed by atoms with Crippen molar-refractivity contribution in [2.75, 3.05) is 12.9 Å². The van der Waals surface area contributed by atoms with Gasteiger partial charge in [0.05, 0.1) is 18.6 Å². The van der Waals surface area contributed by atoms with Gasteiger partial charge in [-0.2, -0.15) is 4.68 Å². The number of methoxy groups -OCH3 is 1. The minimum absolute atomic E-state index is 0.138. The lowest BCUT2D eigenvalue weighted by atomic mass is 10.2. The number of amides is 1. The van der Waals surface area contributed by atoms with E-state index in [9.17, 15) is 9.90 Å². The van der Waals surface area contributed by atoms with Crippen molar-refractivity contribution in [1.82, 2.24) is 25.5 Å². The van der Waals surface area contributed by atoms with Gasteiger partial charge in [0, 0.05) is 12.1 Å². The molecule has 3 aromatic rings. The summed E-state index contributed by atoms with van der Waals surface area (Å²) in [6, 6.07) is 14.0. The van der Waals surface area contributed by atoms with Crippen molar-refractivity contribution >= 4 is 17.7 Å². The summed E-state index contributed by atoms with van der Waals surface area (Å²) in [5.41, 5.74) is 1.60. The van der Waals surface area contributed by atoms with Gasteiger partial charge in [0.1, 0.15) is 11.5 Å². The number of rotatable bonds is 7. The second kappa shape index (κ2) is 8.34. The maximum absolute atomic E-state index is 12.1. The van der Waals surface area contributed by atoms with E-state index in [1.807, 2.05) is 24.3 Å². The number of thioether (sulfide) groups is 1. The van der Waals surface area contributed by atoms with Gasteiger partial charge >= 0.3 is 0 Å². The van der Waals surface area contributed by atoms with E-state index in [-0.39, 0.29) is 17.4 Å². The molecule has 0 fully saturated rings. The Bertz CT molecular complexity index is 882. The van der Waals surface area contributed by atoms with Crippen molar-refractivity contribution in [3.8, 4) is 17.2 Å². The van der Waals surface area contributed by atoms with Crippen LogP contribution < -0.4 is 10.1 Å². The molecule has 8 nitrogen and oxygen atoms in total. The molecule has 0 radical (unpaired) electrons. The Morgan fingerprint density at radius 3 is 2.77 bits per heavy atom. The highest BCUT2D eigenvalue weighted by atomic mass is 32.2. The van der Waals surface area contributed by atoms with E-state index in [4.69, 9.17) is 4.74 Å². The van der Waals surface area contributed by atoms with Crippen molar-refractivity contribution in [1.29, 1.82) is 0 Å². The Balaban J connectivity index is 1.57. The quantitative estimate of drug-likeness (QED) is 0.610. The van der Waals surface area contributed by atoms with Crippen LogP contribution in [0.15, 0.2) is 53.7 Å². The number of nitrogens with one attached hydrogen (secondary N) is 1. The minimum Gasteiger partial charge on any atom is -0.508 e. The molecule has 0 spiro atoms. The summed E-state index contributed by atoms with van der Waals surface area (Å²) >= 11 is 1.23. The molecule has 0 saturated heterocycles. The number of para-hydroxylation sites is 1. The number of carbonyl (C=O) groups excluding carboxylic acids is 1. The van der Waals surface area contributed by atoms with Crippen LogP contribution in [0.4, 0.5) is 0 Å². The van der Waals surface area contributed by atoms with E-state index < -0.39 is 0 Å². The smallest absolute Gasteiger partial charge is 0.230 e. The molecule has 0 saturated carbocycles. The van der Waals surface area contributed by atoms with Crippen LogP contribution in [-0.4, -0.2) is 44.1 Å². The zero-order valence-corrected chi connectivity index (χ0v) is 14.8. The lowest BCUT2D eigenvalue weighted by Gasteiger charge is -2.09. The Hall–Kier alpha value is -3.07. The zero-order valence-electron chi connectivity index (χ0n) is 14.0. The summed E-state index contributed by atoms with van der Waals surface area (Å²) in [5, 5.41) is 24.2. The Labute approximate surface area is 154 Å². The normalized spacial score (nSPS) is 10.5. The van der Waals surface area contributed by atoms with Gasteiger partial charge in [0.2, 0.25) is 11.1 Å². The molecule has 1 heterocycles. The lowest BCUT2D eigenvalue weighted by molar-refractivity contribution is -0.118. The van der Waals surface area contributed by atoms with Crippen LogP contribution in [-0.2, 0) is 11.3 Å². The van der Waals surface area contributed by atoms with Crippen LogP contribution in [0.2, 0.25) is 0 Å². The summed E-state index contributed by atoms with van der Waals surface area (Å²) in [6.45, 7) is 0.381. The third-order valence-electron chi connectivity index (χ3n) is 3.54. The molecule has 0 aliphatic rings. The third-order valence-corrected chi connectivity index (χ3v) is 4.46. The molecule has 2 N–H and O–H groups in total. The van der Waals surface area contributed by atoms with Gasteiger partial charge in [-0.05, 0) is 40.8 Å². The van der Waals surface area contributed by atoms with Gasteiger partial charge in [-0.25, -0.2) is 0 Å². The zero-order chi connectivity index (χ0) is 18.4. The van der Waals surface area contributed by atoms with Crippen LogP contribution in [0.5, 0.6) is 11.5 Å². The fraction of sp³-hybridized carbons (Fsp3) is 0.176. The van der Waals surface area contributed by atoms with Crippen LogP contribution >= 0.6 is 11.8 Å². The molecule has 2 aromatic carbocycles. The molecule has 134 valence electrons. The van der Waals surface area contributed by atoms with E-state index in [1.54, 1.807) is 31.4 Å². The molecule has 0 aliphatic carbocycles. The molecule has 0 aliphatic heterocycles. The molecular weight excluding hydrogens is 354 g/mol. The molecule has 3 rings (SSSR count). The average molecular weight is 371 g/mol. The molecule has 1 amide bonds. The van der Waals surface area contributed by atoms with E-state index in [0.717, 1.165) is 11.3 Å². The highest BCUT2D eigenvalue weighted by molar-refractivity contribution is 7.99. The fourth-order valence-electron chi connectivity index (χ4n) is 2.25. The van der Waals surface area contributed by atoms with E-state index in [0.29, 0.717) is 17.4 Å². The Morgan fingerprint density at radius 2 is 2.00 bits per heavy atom. The van der Waals surface area contributed by atoms with E-state index in [1.165, 1.54) is 16.4 Å². The van der Waals surface area contributed by atoms with Crippen molar-refractivity contribution in [3.05, 3.63) is 54.1 Å². The number of nitrogens with zero attached hydrogens (tertiary/aromatic N) is 4. The molecule has 1 aromatic heterocycles. The van der Waals surface area contributed by atoms with Crippen molar-refractivity contribution < 1.29 is 14.6 Å². The van der Waals surface area contributed by atoms with Gasteiger partial charge in [0.15, 0.2) is 0 Å². The standard InChI is InChI=1S/C17H17N5O3S/c1-25-15-5-3-2-4-12(15)10-18-16(24)11-26-17-19-20-21-22(17)13-6-8-14(23)9-7-13/h2-9,23H,10-11H2,1H3,(H,18,24). The maximum atomic E-state index is 12.1. The number of tetrazole rings is 1. The SMILES string of the molecule is COc1ccccc1CNC(=O)CSc1nnnn1-c1ccc(O)cc1. The first-order valence-corrected chi connectivity index (χ1v) is 8.75. The number of phenolic OH excluding ortho intramolecular Hbond substituents is 1. The van der Waals surface area contributed by atoms with Crippen molar-refractivity contribution in [2.45, 2.75) is 11.7 Å². The van der Waals surface area contributed by atoms with Gasteiger partial charge in [-0.15, -0.1) is 5.10 Å². The third kappa shape index (κ3) is 4.31. The second-order valence-electron chi connectivity index (χ2n) is 5.27. The molecule has 0 unspecified atom stereocenters. The number of hydrogen-bond donors (Lipinski definition) is 2. The topological polar surface area (TPSA) is 102 Å². The highest BCUT2D eigenvalue weighted by Crippen LogP contribution is 2.20. The fourth-order valence-corrected chi connectivity index (χ4v) is 2.97. The first-order valence-electron chi connectivity index (χ1n) is 7.76. The molecule has 0 atom stereocenters. The second-order valence-corrected chi connectivity index (χ2v) is 6.21. The number of benzene rings is 2. The van der Waals surface area contributed by atoms with Gasteiger partial charge in [-0.1, -0.05) is 30.0 Å². The molecule has 9 heteroatoms. The molecule has 26 heavy (non-hydrogen) atoms. The monoisotopic (exact) mass is 371 g/mol. The van der Waals surface area contributed by atoms with E-state index in [2.05, 4.69) is 20.8 Å². The predicted molar refractivity (Wildman–Crippen MR) is 96.4 cm³/mol. The molecular formula is C17H17N5O3S. The van der Waals surface area contributed by atoms with Crippen LogP contribution in [0.1, 0.15) is 5.56 Å². The summed E-state index contributed by atoms with van der Waals surface area (Å²) in [4.78, 5) is 12.1. The Kier molecular flexibility index (Phi) is 5.69. The number of carbonyl (C=O) groups is 1. The summed E-state index contributed by atoms with van der Waals surface area (Å²) in [6.07, 6.45) is 0. The van der Waals surface area contributed by atoms with Gasteiger partial charge in [0.25, 0.3) is 0 Å². The minimum atomic E-state index is -0.138. The average Bonchev–Trinajstić information content (AvgIpc) is 3.14. The molecule has 0 bridgehead atoms. The summed E-state index contributed by atoms with van der Waals surface area (Å²) in [7, 11) is 1.60. The largest absolute Gasteiger partial charge is 0.508 e. The number of phenols is 1. The van der Waals surface area contributed by atoms with Crippen LogP contribution in [0.3, 0.4) is 0 Å². The summed E-state index contributed by atoms with van der Waals surface area (Å²) in [5.74, 6) is 0.929. The first-order chi connectivity index (χ1) is 12.7. The van der Waals surface area contributed by atoms with Crippen LogP contribution in [0, 0.1) is 0 Å². The lowest BCUT2D eigenvalue weighted by Crippen LogP contribution is -2.25. The predicted octanol–water partition coefficient (Wildman–Crippen LogP) is 1.78. The number of ether oxygens (including phenoxy) is 1. The van der Waals surface area contributed by atoms with Gasteiger partial charge in [-0.3, -0.25) is 4.79 Å². The van der Waals surface area contributed by atoms with E-state index >= 15 is 0 Å². The van der Waals surface area contributed by atoms with Crippen molar-refractivity contribution in [3.63, 3.8) is 0 Å². The Morgan fingerprint density at radius 1 is 1.23 bits per heavy atom.